The number of aromatic amines is 1. The molecule has 0 radical (unpaired) electrons. The Hall–Kier alpha value is -2.55. The number of rotatable bonds is 3. The van der Waals surface area contributed by atoms with Crippen LogP contribution in [-0.4, -0.2) is 39.8 Å². The van der Waals surface area contributed by atoms with Gasteiger partial charge in [0.1, 0.15) is 10.2 Å². The number of nitrogens with zero attached hydrogens (tertiary/aromatic N) is 2. The lowest BCUT2D eigenvalue weighted by Crippen LogP contribution is -2.30. The molecular formula is C15H17BrN4O4. The molecule has 1 heterocycles. The number of phenols is 1. The standard InChI is InChI=1S/C15H17BrN4O4/c1-7-5-6-8(14(23)19(2)3)12(21)10(7)17-11-9(16)15(24)20(4)18-13(11)22/h5-6,17,21H,1-4H3,(H,18,22). The number of aryl methyl sites for hydroxylation is 2. The molecule has 1 aromatic heterocycles. The van der Waals surface area contributed by atoms with E-state index in [0.717, 1.165) is 4.68 Å². The molecule has 2 rings (SSSR count). The zero-order chi connectivity index (χ0) is 18.2. The van der Waals surface area contributed by atoms with E-state index in [4.69, 9.17) is 0 Å². The highest BCUT2D eigenvalue weighted by atomic mass is 79.9. The van der Waals surface area contributed by atoms with Crippen LogP contribution in [0, 0.1) is 6.92 Å². The van der Waals surface area contributed by atoms with Gasteiger partial charge in [-0.05, 0) is 34.5 Å². The fourth-order valence-electron chi connectivity index (χ4n) is 2.11. The highest BCUT2D eigenvalue weighted by Crippen LogP contribution is 2.34. The van der Waals surface area contributed by atoms with Crippen LogP contribution in [0.5, 0.6) is 5.75 Å². The third-order valence-corrected chi connectivity index (χ3v) is 4.22. The van der Waals surface area contributed by atoms with Crippen LogP contribution in [-0.2, 0) is 7.05 Å². The number of hydrogen-bond donors (Lipinski definition) is 3. The number of amides is 1. The Balaban J connectivity index is 2.62. The van der Waals surface area contributed by atoms with Crippen molar-refractivity contribution in [2.75, 3.05) is 19.4 Å². The van der Waals surface area contributed by atoms with Crippen LogP contribution in [0.4, 0.5) is 11.4 Å². The lowest BCUT2D eigenvalue weighted by molar-refractivity contribution is 0.0824. The van der Waals surface area contributed by atoms with Gasteiger partial charge in [0.15, 0.2) is 5.75 Å². The normalized spacial score (nSPS) is 10.5. The van der Waals surface area contributed by atoms with Crippen LogP contribution < -0.4 is 16.4 Å². The molecule has 0 atom stereocenters. The Kier molecular flexibility index (Phi) is 4.83. The number of aromatic nitrogens is 2. The van der Waals surface area contributed by atoms with E-state index in [-0.39, 0.29) is 33.1 Å². The average Bonchev–Trinajstić information content (AvgIpc) is 2.51. The van der Waals surface area contributed by atoms with Crippen LogP contribution in [0.3, 0.4) is 0 Å². The van der Waals surface area contributed by atoms with Crippen LogP contribution in [0.25, 0.3) is 0 Å². The number of aromatic hydroxyl groups is 1. The predicted molar refractivity (Wildman–Crippen MR) is 94.1 cm³/mol. The summed E-state index contributed by atoms with van der Waals surface area (Å²) in [6.07, 6.45) is 0. The molecule has 0 aliphatic heterocycles. The van der Waals surface area contributed by atoms with Crippen molar-refractivity contribution in [3.8, 4) is 5.75 Å². The molecule has 9 heteroatoms. The molecule has 1 aromatic carbocycles. The summed E-state index contributed by atoms with van der Waals surface area (Å²) >= 11 is 3.09. The van der Waals surface area contributed by atoms with E-state index in [1.54, 1.807) is 27.1 Å². The van der Waals surface area contributed by atoms with Gasteiger partial charge >= 0.3 is 0 Å². The molecule has 2 aromatic rings. The van der Waals surface area contributed by atoms with Crippen molar-refractivity contribution in [2.24, 2.45) is 7.05 Å². The molecular weight excluding hydrogens is 380 g/mol. The number of anilines is 2. The van der Waals surface area contributed by atoms with Crippen LogP contribution in [0.2, 0.25) is 0 Å². The quantitative estimate of drug-likeness (QED) is 0.677. The fraction of sp³-hybridized carbons (Fsp3) is 0.267. The zero-order valence-electron chi connectivity index (χ0n) is 13.6. The van der Waals surface area contributed by atoms with Gasteiger partial charge in [-0.1, -0.05) is 6.07 Å². The summed E-state index contributed by atoms with van der Waals surface area (Å²) in [7, 11) is 4.55. The van der Waals surface area contributed by atoms with Gasteiger partial charge < -0.3 is 15.3 Å². The number of carbonyl (C=O) groups is 1. The van der Waals surface area contributed by atoms with Gasteiger partial charge in [-0.25, -0.2) is 0 Å². The Bertz CT molecular complexity index is 930. The van der Waals surface area contributed by atoms with Crippen molar-refractivity contribution in [2.45, 2.75) is 6.92 Å². The number of phenolic OH excluding ortho intramolecular Hbond substituents is 1. The third-order valence-electron chi connectivity index (χ3n) is 3.48. The highest BCUT2D eigenvalue weighted by Gasteiger charge is 2.20. The number of nitrogens with one attached hydrogen (secondary N) is 2. The summed E-state index contributed by atoms with van der Waals surface area (Å²) in [5.74, 6) is -0.673. The van der Waals surface area contributed by atoms with E-state index in [1.165, 1.54) is 18.0 Å². The summed E-state index contributed by atoms with van der Waals surface area (Å²) in [5, 5.41) is 15.6. The minimum atomic E-state index is -0.549. The second-order valence-corrected chi connectivity index (χ2v) is 6.27. The molecule has 0 bridgehead atoms. The van der Waals surface area contributed by atoms with Crippen molar-refractivity contribution < 1.29 is 9.90 Å². The molecule has 1 amide bonds. The molecule has 3 N–H and O–H groups in total. The maximum Gasteiger partial charge on any atom is 0.287 e. The van der Waals surface area contributed by atoms with E-state index in [1.807, 2.05) is 0 Å². The Labute approximate surface area is 145 Å². The van der Waals surface area contributed by atoms with E-state index in [2.05, 4.69) is 26.3 Å². The topological polar surface area (TPSA) is 107 Å². The zero-order valence-corrected chi connectivity index (χ0v) is 15.2. The highest BCUT2D eigenvalue weighted by molar-refractivity contribution is 9.10. The molecule has 0 saturated heterocycles. The van der Waals surface area contributed by atoms with Crippen molar-refractivity contribution in [3.05, 3.63) is 48.4 Å². The van der Waals surface area contributed by atoms with Crippen LogP contribution in [0.1, 0.15) is 15.9 Å². The van der Waals surface area contributed by atoms with Gasteiger partial charge in [-0.15, -0.1) is 0 Å². The summed E-state index contributed by atoms with van der Waals surface area (Å²) in [4.78, 5) is 37.5. The summed E-state index contributed by atoms with van der Waals surface area (Å²) in [6.45, 7) is 1.70. The Morgan fingerprint density at radius 2 is 1.92 bits per heavy atom. The predicted octanol–water partition coefficient (Wildman–Crippen LogP) is 1.30. The van der Waals surface area contributed by atoms with Crippen molar-refractivity contribution in [3.63, 3.8) is 0 Å². The number of benzene rings is 1. The molecule has 24 heavy (non-hydrogen) atoms. The van der Waals surface area contributed by atoms with E-state index < -0.39 is 11.1 Å². The first-order valence-corrected chi connectivity index (χ1v) is 7.74. The summed E-state index contributed by atoms with van der Waals surface area (Å²) in [6, 6.07) is 3.14. The van der Waals surface area contributed by atoms with Gasteiger partial charge in [-0.3, -0.25) is 24.2 Å². The first-order chi connectivity index (χ1) is 11.1. The Morgan fingerprint density at radius 1 is 1.29 bits per heavy atom. The van der Waals surface area contributed by atoms with Gasteiger partial charge in [0.05, 0.1) is 11.3 Å². The first-order valence-electron chi connectivity index (χ1n) is 6.95. The maximum absolute atomic E-state index is 12.1. The Morgan fingerprint density at radius 3 is 2.50 bits per heavy atom. The molecule has 0 spiro atoms. The van der Waals surface area contributed by atoms with Gasteiger partial charge in [0, 0.05) is 21.1 Å². The lowest BCUT2D eigenvalue weighted by atomic mass is 10.1. The molecule has 0 fully saturated rings. The number of hydrogen-bond acceptors (Lipinski definition) is 5. The molecule has 0 aliphatic rings. The smallest absolute Gasteiger partial charge is 0.287 e. The van der Waals surface area contributed by atoms with E-state index in [0.29, 0.717) is 5.56 Å². The second-order valence-electron chi connectivity index (χ2n) is 5.47. The molecule has 0 unspecified atom stereocenters. The first kappa shape index (κ1) is 17.8. The van der Waals surface area contributed by atoms with Crippen molar-refractivity contribution in [1.29, 1.82) is 0 Å². The molecule has 0 aliphatic carbocycles. The molecule has 128 valence electrons. The van der Waals surface area contributed by atoms with Crippen molar-refractivity contribution >= 4 is 33.2 Å². The van der Waals surface area contributed by atoms with Gasteiger partial charge in [-0.2, -0.15) is 0 Å². The lowest BCUT2D eigenvalue weighted by Gasteiger charge is -2.17. The van der Waals surface area contributed by atoms with Crippen LogP contribution in [0.15, 0.2) is 26.2 Å². The molecule has 8 nitrogen and oxygen atoms in total. The minimum Gasteiger partial charge on any atom is -0.505 e. The number of carbonyl (C=O) groups excluding carboxylic acids is 1. The van der Waals surface area contributed by atoms with E-state index in [9.17, 15) is 19.5 Å². The average molecular weight is 397 g/mol. The molecule has 0 saturated carbocycles. The van der Waals surface area contributed by atoms with Crippen LogP contribution >= 0.6 is 15.9 Å². The second kappa shape index (κ2) is 6.52. The van der Waals surface area contributed by atoms with E-state index >= 15 is 0 Å². The summed E-state index contributed by atoms with van der Waals surface area (Å²) in [5.41, 5.74) is -0.172. The number of halogens is 1. The fourth-order valence-corrected chi connectivity index (χ4v) is 2.66. The van der Waals surface area contributed by atoms with Gasteiger partial charge in [0.2, 0.25) is 0 Å². The maximum atomic E-state index is 12.1. The minimum absolute atomic E-state index is 0.0249. The van der Waals surface area contributed by atoms with Gasteiger partial charge in [0.25, 0.3) is 17.0 Å². The summed E-state index contributed by atoms with van der Waals surface area (Å²) < 4.78 is 1.06. The third kappa shape index (κ3) is 3.07. The monoisotopic (exact) mass is 396 g/mol. The number of H-pyrrole nitrogens is 1. The SMILES string of the molecule is Cc1ccc(C(=O)N(C)C)c(O)c1Nc1c(Br)c(=O)n(C)[nH]c1=O. The largest absolute Gasteiger partial charge is 0.505 e. The van der Waals surface area contributed by atoms with Crippen molar-refractivity contribution in [1.82, 2.24) is 14.7 Å².